The van der Waals surface area contributed by atoms with Crippen LogP contribution in [0.4, 0.5) is 0 Å². The highest BCUT2D eigenvalue weighted by Gasteiger charge is 2.10. The Hall–Kier alpha value is -0.220. The zero-order valence-corrected chi connectivity index (χ0v) is 17.1. The minimum atomic E-state index is -0.355. The fourth-order valence-electron chi connectivity index (χ4n) is 2.92. The van der Waals surface area contributed by atoms with E-state index in [4.69, 9.17) is 5.73 Å². The van der Waals surface area contributed by atoms with Crippen molar-refractivity contribution in [2.45, 2.75) is 103 Å². The molecule has 3 nitrogen and oxygen atoms in total. The number of nitrogens with one attached hydrogen (secondary N) is 1. The third-order valence-electron chi connectivity index (χ3n) is 4.51. The van der Waals surface area contributed by atoms with Crippen LogP contribution in [0.3, 0.4) is 0 Å². The second kappa shape index (κ2) is 19.1. The van der Waals surface area contributed by atoms with Crippen molar-refractivity contribution in [2.24, 2.45) is 5.73 Å². The van der Waals surface area contributed by atoms with Crippen LogP contribution in [0.15, 0.2) is 0 Å². The highest BCUT2D eigenvalue weighted by Crippen LogP contribution is 2.12. The molecule has 0 saturated heterocycles. The molecule has 1 atom stereocenters. The summed E-state index contributed by atoms with van der Waals surface area (Å²) in [6.45, 7) is 3.05. The topological polar surface area (TPSA) is 55.1 Å². The van der Waals surface area contributed by atoms with Crippen LogP contribution in [-0.4, -0.2) is 30.5 Å². The predicted octanol–water partition coefficient (Wildman–Crippen LogP) is 5.27. The quantitative estimate of drug-likeness (QED) is 0.328. The molecule has 0 aliphatic heterocycles. The standard InChI is InChI=1S/C20H42N2OS/c1-3-4-5-6-7-8-9-10-11-12-13-14-15-16-17-22-20(23)19(21)18-24-2/h19H,3-18,21H2,1-2H3,(H,22,23)/t19-/m0/s1. The van der Waals surface area contributed by atoms with Crippen molar-refractivity contribution in [1.29, 1.82) is 0 Å². The molecule has 0 aromatic carbocycles. The lowest BCUT2D eigenvalue weighted by atomic mass is 10.0. The minimum absolute atomic E-state index is 0.000885. The highest BCUT2D eigenvalue weighted by molar-refractivity contribution is 7.98. The summed E-state index contributed by atoms with van der Waals surface area (Å²) in [6, 6.07) is -0.355. The zero-order valence-electron chi connectivity index (χ0n) is 16.3. The lowest BCUT2D eigenvalue weighted by molar-refractivity contribution is -0.121. The fourth-order valence-corrected chi connectivity index (χ4v) is 3.43. The van der Waals surface area contributed by atoms with E-state index in [0.717, 1.165) is 13.0 Å². The van der Waals surface area contributed by atoms with E-state index in [1.54, 1.807) is 11.8 Å². The third kappa shape index (κ3) is 16.6. The van der Waals surface area contributed by atoms with Crippen molar-refractivity contribution < 1.29 is 4.79 Å². The maximum Gasteiger partial charge on any atom is 0.237 e. The first-order chi connectivity index (χ1) is 11.7. The second-order valence-electron chi connectivity index (χ2n) is 6.95. The van der Waals surface area contributed by atoms with E-state index in [-0.39, 0.29) is 11.9 Å². The molecule has 0 spiro atoms. The molecule has 0 heterocycles. The molecule has 0 bridgehead atoms. The molecule has 0 unspecified atom stereocenters. The molecule has 0 aliphatic rings. The molecule has 3 N–H and O–H groups in total. The molecule has 0 rings (SSSR count). The van der Waals surface area contributed by atoms with Crippen molar-refractivity contribution in [3.63, 3.8) is 0 Å². The van der Waals surface area contributed by atoms with Gasteiger partial charge in [-0.2, -0.15) is 11.8 Å². The van der Waals surface area contributed by atoms with Crippen molar-refractivity contribution in [2.75, 3.05) is 18.6 Å². The van der Waals surface area contributed by atoms with Crippen LogP contribution in [0, 0.1) is 0 Å². The van der Waals surface area contributed by atoms with Gasteiger partial charge in [-0.1, -0.05) is 90.4 Å². The Balaban J connectivity index is 3.14. The molecular weight excluding hydrogens is 316 g/mol. The van der Waals surface area contributed by atoms with Crippen LogP contribution in [0.2, 0.25) is 0 Å². The average molecular weight is 359 g/mol. The monoisotopic (exact) mass is 358 g/mol. The smallest absolute Gasteiger partial charge is 0.237 e. The molecule has 0 aromatic heterocycles. The van der Waals surface area contributed by atoms with E-state index in [9.17, 15) is 4.79 Å². The van der Waals surface area contributed by atoms with Crippen molar-refractivity contribution in [3.05, 3.63) is 0 Å². The molecule has 0 radical (unpaired) electrons. The molecule has 0 aliphatic carbocycles. The van der Waals surface area contributed by atoms with Gasteiger partial charge in [-0.3, -0.25) is 4.79 Å². The van der Waals surface area contributed by atoms with Gasteiger partial charge in [0.25, 0.3) is 0 Å². The molecule has 24 heavy (non-hydrogen) atoms. The molecule has 0 aromatic rings. The summed E-state index contributed by atoms with van der Waals surface area (Å²) < 4.78 is 0. The SMILES string of the molecule is CCCCCCCCCCCCCCCCNC(=O)[C@@H](N)CSC. The van der Waals surface area contributed by atoms with E-state index < -0.39 is 0 Å². The first-order valence-electron chi connectivity index (χ1n) is 10.2. The van der Waals surface area contributed by atoms with Crippen molar-refractivity contribution in [3.8, 4) is 0 Å². The van der Waals surface area contributed by atoms with Gasteiger partial charge in [0.1, 0.15) is 0 Å². The van der Waals surface area contributed by atoms with Crippen molar-refractivity contribution >= 4 is 17.7 Å². The largest absolute Gasteiger partial charge is 0.355 e. The van der Waals surface area contributed by atoms with Gasteiger partial charge in [0.2, 0.25) is 5.91 Å². The van der Waals surface area contributed by atoms with Gasteiger partial charge in [-0.05, 0) is 12.7 Å². The molecule has 1 amide bonds. The Bertz CT molecular complexity index is 274. The number of rotatable bonds is 18. The van der Waals surface area contributed by atoms with E-state index in [1.165, 1.54) is 83.5 Å². The fraction of sp³-hybridized carbons (Fsp3) is 0.950. The summed E-state index contributed by atoms with van der Waals surface area (Å²) in [4.78, 5) is 11.6. The Kier molecular flexibility index (Phi) is 18.9. The summed E-state index contributed by atoms with van der Waals surface area (Å²) in [5.41, 5.74) is 5.76. The number of carbonyl (C=O) groups excluding carboxylic acids is 1. The van der Waals surface area contributed by atoms with Crippen LogP contribution in [0.1, 0.15) is 96.8 Å². The molecule has 0 saturated carbocycles. The number of amides is 1. The summed E-state index contributed by atoms with van der Waals surface area (Å²) in [7, 11) is 0. The number of unbranched alkanes of at least 4 members (excludes halogenated alkanes) is 13. The minimum Gasteiger partial charge on any atom is -0.355 e. The molecule has 144 valence electrons. The van der Waals surface area contributed by atoms with Crippen molar-refractivity contribution in [1.82, 2.24) is 5.32 Å². The van der Waals surface area contributed by atoms with Gasteiger partial charge in [0, 0.05) is 12.3 Å². The van der Waals surface area contributed by atoms with Gasteiger partial charge in [0.05, 0.1) is 6.04 Å². The summed E-state index contributed by atoms with van der Waals surface area (Å²) in [5.74, 6) is 0.698. The Morgan fingerprint density at radius 1 is 0.833 bits per heavy atom. The van der Waals surface area contributed by atoms with Gasteiger partial charge in [-0.25, -0.2) is 0 Å². The summed E-state index contributed by atoms with van der Waals surface area (Å²) in [5, 5.41) is 2.93. The van der Waals surface area contributed by atoms with E-state index in [2.05, 4.69) is 12.2 Å². The lowest BCUT2D eigenvalue weighted by Gasteiger charge is -2.10. The van der Waals surface area contributed by atoms with Gasteiger partial charge >= 0.3 is 0 Å². The van der Waals surface area contributed by atoms with Crippen LogP contribution in [0.5, 0.6) is 0 Å². The highest BCUT2D eigenvalue weighted by atomic mass is 32.2. The number of hydrogen-bond acceptors (Lipinski definition) is 3. The maximum atomic E-state index is 11.6. The molecule has 0 fully saturated rings. The molecule has 4 heteroatoms. The van der Waals surface area contributed by atoms with E-state index in [0.29, 0.717) is 5.75 Å². The Morgan fingerprint density at radius 2 is 1.25 bits per heavy atom. The summed E-state index contributed by atoms with van der Waals surface area (Å²) >= 11 is 1.62. The Labute approximate surface area is 155 Å². The molecular formula is C20H42N2OS. The third-order valence-corrected chi connectivity index (χ3v) is 5.21. The van der Waals surface area contributed by atoms with Gasteiger partial charge in [-0.15, -0.1) is 0 Å². The zero-order chi connectivity index (χ0) is 17.9. The van der Waals surface area contributed by atoms with Crippen LogP contribution < -0.4 is 11.1 Å². The second-order valence-corrected chi connectivity index (χ2v) is 7.86. The van der Waals surface area contributed by atoms with E-state index in [1.807, 2.05) is 6.26 Å². The number of nitrogens with two attached hydrogens (primary N) is 1. The average Bonchev–Trinajstić information content (AvgIpc) is 2.58. The first kappa shape index (κ1) is 23.8. The maximum absolute atomic E-state index is 11.6. The van der Waals surface area contributed by atoms with Gasteiger partial charge < -0.3 is 11.1 Å². The normalized spacial score (nSPS) is 12.3. The number of thioether (sulfide) groups is 1. The number of hydrogen-bond donors (Lipinski definition) is 2. The lowest BCUT2D eigenvalue weighted by Crippen LogP contribution is -2.42. The van der Waals surface area contributed by atoms with E-state index >= 15 is 0 Å². The van der Waals surface area contributed by atoms with Crippen LogP contribution >= 0.6 is 11.8 Å². The van der Waals surface area contributed by atoms with Crippen LogP contribution in [-0.2, 0) is 4.79 Å². The predicted molar refractivity (Wildman–Crippen MR) is 110 cm³/mol. The number of carbonyl (C=O) groups is 1. The van der Waals surface area contributed by atoms with Gasteiger partial charge in [0.15, 0.2) is 0 Å². The van der Waals surface area contributed by atoms with Crippen LogP contribution in [0.25, 0.3) is 0 Å². The first-order valence-corrected chi connectivity index (χ1v) is 11.6. The summed E-state index contributed by atoms with van der Waals surface area (Å²) in [6.07, 6.45) is 21.0. The Morgan fingerprint density at radius 3 is 1.67 bits per heavy atom.